The summed E-state index contributed by atoms with van der Waals surface area (Å²) in [6.07, 6.45) is 0. The van der Waals surface area contributed by atoms with Gasteiger partial charge >= 0.3 is 0 Å². The van der Waals surface area contributed by atoms with Crippen LogP contribution in [-0.4, -0.2) is 32.6 Å². The Balaban J connectivity index is 2.02. The third-order valence-corrected chi connectivity index (χ3v) is 3.37. The highest BCUT2D eigenvalue weighted by atomic mass is 16.5. The van der Waals surface area contributed by atoms with Gasteiger partial charge in [0.1, 0.15) is 17.2 Å². The lowest BCUT2D eigenvalue weighted by Gasteiger charge is -2.12. The fourth-order valence-corrected chi connectivity index (χ4v) is 2.11. The second-order valence-electron chi connectivity index (χ2n) is 4.93. The first-order valence-corrected chi connectivity index (χ1v) is 7.64. The lowest BCUT2D eigenvalue weighted by atomic mass is 10.2. The molecule has 2 rings (SSSR count). The number of carbonyl (C=O) groups is 2. The highest BCUT2D eigenvalue weighted by molar-refractivity contribution is 6.00. The van der Waals surface area contributed by atoms with E-state index in [1.54, 1.807) is 36.4 Å². The van der Waals surface area contributed by atoms with Gasteiger partial charge in [-0.3, -0.25) is 20.4 Å². The molecule has 0 spiro atoms. The summed E-state index contributed by atoms with van der Waals surface area (Å²) in [4.78, 5) is 24.4. The highest BCUT2D eigenvalue weighted by Crippen LogP contribution is 2.23. The number of hydrazine groups is 1. The normalized spacial score (nSPS) is 9.88. The molecule has 0 unspecified atom stereocenters. The number of benzene rings is 2. The van der Waals surface area contributed by atoms with E-state index < -0.39 is 11.8 Å². The number of amides is 2. The van der Waals surface area contributed by atoms with Crippen LogP contribution in [0.5, 0.6) is 17.2 Å². The molecular formula is C18H20N2O5. The summed E-state index contributed by atoms with van der Waals surface area (Å²) in [5.74, 6) is 0.579. The molecule has 0 radical (unpaired) electrons. The zero-order valence-electron chi connectivity index (χ0n) is 14.3. The maximum atomic E-state index is 12.3. The van der Waals surface area contributed by atoms with Gasteiger partial charge in [-0.25, -0.2) is 0 Å². The van der Waals surface area contributed by atoms with Gasteiger partial charge in [0.2, 0.25) is 0 Å². The van der Waals surface area contributed by atoms with Crippen LogP contribution in [0.2, 0.25) is 0 Å². The fourth-order valence-electron chi connectivity index (χ4n) is 2.11. The lowest BCUT2D eigenvalue weighted by molar-refractivity contribution is 0.0844. The molecule has 2 aromatic rings. The van der Waals surface area contributed by atoms with Crippen molar-refractivity contribution in [3.8, 4) is 17.2 Å². The van der Waals surface area contributed by atoms with Crippen molar-refractivity contribution in [3.63, 3.8) is 0 Å². The molecule has 0 saturated heterocycles. The van der Waals surface area contributed by atoms with Crippen molar-refractivity contribution in [2.75, 3.05) is 20.8 Å². The Labute approximate surface area is 145 Å². The summed E-state index contributed by atoms with van der Waals surface area (Å²) in [6.45, 7) is 2.42. The summed E-state index contributed by atoms with van der Waals surface area (Å²) in [7, 11) is 2.95. The number of hydrogen-bond donors (Lipinski definition) is 2. The zero-order chi connectivity index (χ0) is 18.2. The minimum Gasteiger partial charge on any atom is -0.497 e. The zero-order valence-corrected chi connectivity index (χ0v) is 14.3. The molecule has 0 atom stereocenters. The predicted octanol–water partition coefficient (Wildman–Crippen LogP) is 2.18. The van der Waals surface area contributed by atoms with Crippen LogP contribution in [0.15, 0.2) is 42.5 Å². The van der Waals surface area contributed by atoms with Gasteiger partial charge in [0, 0.05) is 5.56 Å². The van der Waals surface area contributed by atoms with E-state index >= 15 is 0 Å². The molecule has 2 N–H and O–H groups in total. The number of methoxy groups -OCH3 is 2. The molecule has 0 aliphatic heterocycles. The average molecular weight is 344 g/mol. The summed E-state index contributed by atoms with van der Waals surface area (Å²) in [6, 6.07) is 11.4. The van der Waals surface area contributed by atoms with E-state index in [2.05, 4.69) is 10.9 Å². The van der Waals surface area contributed by atoms with Crippen LogP contribution in [0.25, 0.3) is 0 Å². The van der Waals surface area contributed by atoms with Gasteiger partial charge in [-0.15, -0.1) is 0 Å². The molecule has 2 aromatic carbocycles. The van der Waals surface area contributed by atoms with Gasteiger partial charge in [-0.05, 0) is 49.4 Å². The molecule has 0 heterocycles. The topological polar surface area (TPSA) is 85.9 Å². The molecule has 0 bridgehead atoms. The van der Waals surface area contributed by atoms with E-state index in [0.29, 0.717) is 29.4 Å². The Morgan fingerprint density at radius 1 is 0.880 bits per heavy atom. The Kier molecular flexibility index (Phi) is 6.22. The van der Waals surface area contributed by atoms with Gasteiger partial charge in [-0.1, -0.05) is 0 Å². The van der Waals surface area contributed by atoms with Crippen LogP contribution in [0, 0.1) is 0 Å². The average Bonchev–Trinajstić information content (AvgIpc) is 2.66. The van der Waals surface area contributed by atoms with Gasteiger partial charge in [-0.2, -0.15) is 0 Å². The maximum Gasteiger partial charge on any atom is 0.273 e. The molecule has 0 aliphatic rings. The summed E-state index contributed by atoms with van der Waals surface area (Å²) >= 11 is 0. The Morgan fingerprint density at radius 2 is 1.52 bits per heavy atom. The standard InChI is InChI=1S/C18H20N2O5/c1-4-25-13-7-5-12(6-8-13)17(21)19-20-18(22)15-11-14(23-2)9-10-16(15)24-3/h5-11H,4H2,1-3H3,(H,19,21)(H,20,22). The smallest absolute Gasteiger partial charge is 0.273 e. The van der Waals surface area contributed by atoms with Crippen molar-refractivity contribution in [2.24, 2.45) is 0 Å². The van der Waals surface area contributed by atoms with Crippen molar-refractivity contribution in [3.05, 3.63) is 53.6 Å². The number of carbonyl (C=O) groups excluding carboxylic acids is 2. The van der Waals surface area contributed by atoms with E-state index in [1.807, 2.05) is 6.92 Å². The maximum absolute atomic E-state index is 12.3. The predicted molar refractivity (Wildman–Crippen MR) is 92.1 cm³/mol. The summed E-state index contributed by atoms with van der Waals surface area (Å²) < 4.78 is 15.6. The van der Waals surface area contributed by atoms with E-state index in [4.69, 9.17) is 14.2 Å². The number of ether oxygens (including phenoxy) is 3. The third kappa shape index (κ3) is 4.63. The van der Waals surface area contributed by atoms with Crippen molar-refractivity contribution >= 4 is 11.8 Å². The van der Waals surface area contributed by atoms with E-state index in [1.165, 1.54) is 20.3 Å². The van der Waals surface area contributed by atoms with Gasteiger partial charge in [0.15, 0.2) is 0 Å². The van der Waals surface area contributed by atoms with Crippen LogP contribution in [0.1, 0.15) is 27.6 Å². The van der Waals surface area contributed by atoms with Crippen LogP contribution in [0.3, 0.4) is 0 Å². The fraction of sp³-hybridized carbons (Fsp3) is 0.222. The minimum atomic E-state index is -0.518. The van der Waals surface area contributed by atoms with Crippen LogP contribution < -0.4 is 25.1 Å². The van der Waals surface area contributed by atoms with E-state index in [0.717, 1.165) is 0 Å². The monoisotopic (exact) mass is 344 g/mol. The van der Waals surface area contributed by atoms with Crippen LogP contribution in [-0.2, 0) is 0 Å². The van der Waals surface area contributed by atoms with Crippen molar-refractivity contribution in [2.45, 2.75) is 6.92 Å². The van der Waals surface area contributed by atoms with Gasteiger partial charge < -0.3 is 14.2 Å². The molecule has 0 saturated carbocycles. The van der Waals surface area contributed by atoms with Crippen molar-refractivity contribution < 1.29 is 23.8 Å². The number of nitrogens with one attached hydrogen (secondary N) is 2. The molecule has 25 heavy (non-hydrogen) atoms. The highest BCUT2D eigenvalue weighted by Gasteiger charge is 2.15. The molecule has 7 nitrogen and oxygen atoms in total. The largest absolute Gasteiger partial charge is 0.497 e. The van der Waals surface area contributed by atoms with E-state index in [-0.39, 0.29) is 5.56 Å². The summed E-state index contributed by atoms with van der Waals surface area (Å²) in [5.41, 5.74) is 5.35. The molecule has 2 amide bonds. The third-order valence-electron chi connectivity index (χ3n) is 3.37. The number of hydrogen-bond acceptors (Lipinski definition) is 5. The Morgan fingerprint density at radius 3 is 2.12 bits per heavy atom. The molecule has 0 aliphatic carbocycles. The Hall–Kier alpha value is -3.22. The summed E-state index contributed by atoms with van der Waals surface area (Å²) in [5, 5.41) is 0. The van der Waals surface area contributed by atoms with Crippen molar-refractivity contribution in [1.29, 1.82) is 0 Å². The second-order valence-corrected chi connectivity index (χ2v) is 4.93. The van der Waals surface area contributed by atoms with Gasteiger partial charge in [0.05, 0.1) is 26.4 Å². The first kappa shape index (κ1) is 18.1. The van der Waals surface area contributed by atoms with E-state index in [9.17, 15) is 9.59 Å². The SMILES string of the molecule is CCOc1ccc(C(=O)NNC(=O)c2cc(OC)ccc2OC)cc1. The van der Waals surface area contributed by atoms with Crippen molar-refractivity contribution in [1.82, 2.24) is 10.9 Å². The van der Waals surface area contributed by atoms with Gasteiger partial charge in [0.25, 0.3) is 11.8 Å². The molecular weight excluding hydrogens is 324 g/mol. The number of rotatable bonds is 6. The molecule has 132 valence electrons. The lowest BCUT2D eigenvalue weighted by Crippen LogP contribution is -2.41. The Bertz CT molecular complexity index is 744. The molecule has 7 heteroatoms. The minimum absolute atomic E-state index is 0.244. The first-order valence-electron chi connectivity index (χ1n) is 7.64. The van der Waals surface area contributed by atoms with Crippen LogP contribution in [0.4, 0.5) is 0 Å². The quantitative estimate of drug-likeness (QED) is 0.785. The van der Waals surface area contributed by atoms with Crippen LogP contribution >= 0.6 is 0 Å². The second kappa shape index (κ2) is 8.58. The molecule has 0 fully saturated rings. The molecule has 0 aromatic heterocycles. The first-order chi connectivity index (χ1) is 12.1.